The van der Waals surface area contributed by atoms with E-state index in [9.17, 15) is 4.79 Å². The summed E-state index contributed by atoms with van der Waals surface area (Å²) in [5.74, 6) is -0.195. The number of thiocarbonyl (C=S) groups is 1. The van der Waals surface area contributed by atoms with Crippen LogP contribution in [0, 0.1) is 0 Å². The molecule has 0 radical (unpaired) electrons. The topological polar surface area (TPSA) is 41.1 Å². The third kappa shape index (κ3) is 5.13. The van der Waals surface area contributed by atoms with E-state index in [2.05, 4.69) is 28.8 Å². The number of carbonyl (C=O) groups is 1. The largest absolute Gasteiger partial charge is 0.360 e. The number of fused-ring (bicyclic) bond motifs is 1. The fourth-order valence-corrected chi connectivity index (χ4v) is 3.63. The quantitative estimate of drug-likeness (QED) is 0.483. The lowest BCUT2D eigenvalue weighted by atomic mass is 10.0. The summed E-state index contributed by atoms with van der Waals surface area (Å²) >= 11 is 5.29. The first-order valence-corrected chi connectivity index (χ1v) is 9.40. The summed E-state index contributed by atoms with van der Waals surface area (Å²) in [4.78, 5) is 12.1. The molecule has 0 bridgehead atoms. The van der Waals surface area contributed by atoms with Crippen LogP contribution in [-0.2, 0) is 4.79 Å². The Labute approximate surface area is 154 Å². The molecule has 1 saturated carbocycles. The van der Waals surface area contributed by atoms with E-state index in [4.69, 9.17) is 12.2 Å². The van der Waals surface area contributed by atoms with Gasteiger partial charge >= 0.3 is 0 Å². The standard InChI is InChI=1S/C21H24N2OS/c24-20(23-21(25)22-18-11-3-1-2-4-12-18)15-14-17-10-7-9-16-8-5-6-13-19(16)17/h5-10,13-15,18H,1-4,11-12H2,(H2,22,23,24,25)/b15-14+. The first-order valence-electron chi connectivity index (χ1n) is 9.00. The van der Waals surface area contributed by atoms with Crippen molar-refractivity contribution in [2.24, 2.45) is 0 Å². The maximum absolute atomic E-state index is 12.1. The Morgan fingerprint density at radius 3 is 2.52 bits per heavy atom. The van der Waals surface area contributed by atoms with Crippen LogP contribution in [0.4, 0.5) is 0 Å². The Balaban J connectivity index is 1.57. The number of nitrogens with one attached hydrogen (secondary N) is 2. The highest BCUT2D eigenvalue weighted by atomic mass is 32.1. The molecule has 130 valence electrons. The second kappa shape index (κ2) is 8.77. The van der Waals surface area contributed by atoms with E-state index in [-0.39, 0.29) is 5.91 Å². The summed E-state index contributed by atoms with van der Waals surface area (Å²) < 4.78 is 0. The van der Waals surface area contributed by atoms with Crippen molar-refractivity contribution >= 4 is 40.1 Å². The maximum atomic E-state index is 12.1. The number of hydrogen-bond acceptors (Lipinski definition) is 2. The monoisotopic (exact) mass is 352 g/mol. The molecule has 25 heavy (non-hydrogen) atoms. The average Bonchev–Trinajstić information content (AvgIpc) is 2.88. The third-order valence-electron chi connectivity index (χ3n) is 4.66. The van der Waals surface area contributed by atoms with Gasteiger partial charge in [0, 0.05) is 12.1 Å². The minimum atomic E-state index is -0.195. The molecule has 2 aromatic carbocycles. The van der Waals surface area contributed by atoms with Crippen LogP contribution in [0.2, 0.25) is 0 Å². The first-order chi connectivity index (χ1) is 12.2. The predicted octanol–water partition coefficient (Wildman–Crippen LogP) is 4.57. The lowest BCUT2D eigenvalue weighted by molar-refractivity contribution is -0.115. The summed E-state index contributed by atoms with van der Waals surface area (Å²) in [5.41, 5.74) is 1.02. The van der Waals surface area contributed by atoms with Gasteiger partial charge in [-0.3, -0.25) is 10.1 Å². The highest BCUT2D eigenvalue weighted by Crippen LogP contribution is 2.19. The van der Waals surface area contributed by atoms with E-state index in [1.165, 1.54) is 25.7 Å². The highest BCUT2D eigenvalue weighted by Gasteiger charge is 2.13. The molecule has 0 atom stereocenters. The van der Waals surface area contributed by atoms with E-state index in [0.717, 1.165) is 29.2 Å². The molecule has 4 heteroatoms. The zero-order valence-corrected chi connectivity index (χ0v) is 15.1. The van der Waals surface area contributed by atoms with Gasteiger partial charge in [0.15, 0.2) is 5.11 Å². The predicted molar refractivity (Wildman–Crippen MR) is 108 cm³/mol. The molecule has 2 aromatic rings. The number of benzene rings is 2. The van der Waals surface area contributed by atoms with Gasteiger partial charge in [0.2, 0.25) is 5.91 Å². The highest BCUT2D eigenvalue weighted by molar-refractivity contribution is 7.80. The molecule has 0 aromatic heterocycles. The van der Waals surface area contributed by atoms with Gasteiger partial charge in [0.25, 0.3) is 0 Å². The van der Waals surface area contributed by atoms with Crippen LogP contribution in [-0.4, -0.2) is 17.1 Å². The van der Waals surface area contributed by atoms with Crippen LogP contribution in [0.5, 0.6) is 0 Å². The fourth-order valence-electron chi connectivity index (χ4n) is 3.36. The lowest BCUT2D eigenvalue weighted by Gasteiger charge is -2.17. The van der Waals surface area contributed by atoms with E-state index < -0.39 is 0 Å². The van der Waals surface area contributed by atoms with Gasteiger partial charge < -0.3 is 5.32 Å². The number of hydrogen-bond donors (Lipinski definition) is 2. The van der Waals surface area contributed by atoms with Gasteiger partial charge in [-0.15, -0.1) is 0 Å². The van der Waals surface area contributed by atoms with E-state index in [1.54, 1.807) is 6.08 Å². The van der Waals surface area contributed by atoms with Crippen LogP contribution in [0.15, 0.2) is 48.5 Å². The first kappa shape index (κ1) is 17.6. The number of rotatable bonds is 3. The Morgan fingerprint density at radius 2 is 1.72 bits per heavy atom. The van der Waals surface area contributed by atoms with Gasteiger partial charge in [-0.2, -0.15) is 0 Å². The molecule has 0 saturated heterocycles. The molecule has 3 rings (SSSR count). The number of amides is 1. The molecule has 1 aliphatic carbocycles. The normalized spacial score (nSPS) is 15.8. The molecule has 1 aliphatic rings. The molecule has 2 N–H and O–H groups in total. The van der Waals surface area contributed by atoms with Crippen molar-refractivity contribution in [1.82, 2.24) is 10.6 Å². The SMILES string of the molecule is O=C(/C=C/c1cccc2ccccc12)NC(=S)NC1CCCCCC1. The van der Waals surface area contributed by atoms with Crippen molar-refractivity contribution in [3.63, 3.8) is 0 Å². The van der Waals surface area contributed by atoms with Gasteiger partial charge in [0.1, 0.15) is 0 Å². The summed E-state index contributed by atoms with van der Waals surface area (Å²) in [6.45, 7) is 0. The van der Waals surface area contributed by atoms with Crippen LogP contribution >= 0.6 is 12.2 Å². The molecule has 0 heterocycles. The van der Waals surface area contributed by atoms with Gasteiger partial charge in [-0.25, -0.2) is 0 Å². The molecule has 0 unspecified atom stereocenters. The summed E-state index contributed by atoms with van der Waals surface area (Å²) in [5, 5.41) is 8.77. The third-order valence-corrected chi connectivity index (χ3v) is 4.88. The zero-order valence-electron chi connectivity index (χ0n) is 14.3. The number of carbonyl (C=O) groups excluding carboxylic acids is 1. The summed E-state index contributed by atoms with van der Waals surface area (Å²) in [6.07, 6.45) is 10.7. The molecule has 0 spiro atoms. The van der Waals surface area contributed by atoms with Crippen molar-refractivity contribution in [3.05, 3.63) is 54.1 Å². The lowest BCUT2D eigenvalue weighted by Crippen LogP contribution is -2.43. The molecule has 0 aliphatic heterocycles. The minimum Gasteiger partial charge on any atom is -0.360 e. The van der Waals surface area contributed by atoms with Gasteiger partial charge in [0.05, 0.1) is 0 Å². The van der Waals surface area contributed by atoms with Crippen LogP contribution < -0.4 is 10.6 Å². The molecule has 1 amide bonds. The Bertz CT molecular complexity index is 771. The van der Waals surface area contributed by atoms with Gasteiger partial charge in [-0.05, 0) is 47.5 Å². The summed E-state index contributed by atoms with van der Waals surface area (Å²) in [6, 6.07) is 14.6. The Morgan fingerprint density at radius 1 is 1.00 bits per heavy atom. The van der Waals surface area contributed by atoms with Crippen molar-refractivity contribution in [2.45, 2.75) is 44.6 Å². The van der Waals surface area contributed by atoms with E-state index >= 15 is 0 Å². The second-order valence-corrected chi connectivity index (χ2v) is 6.96. The Hall–Kier alpha value is -2.20. The summed E-state index contributed by atoms with van der Waals surface area (Å²) in [7, 11) is 0. The van der Waals surface area contributed by atoms with Crippen LogP contribution in [0.3, 0.4) is 0 Å². The molecular formula is C21H24N2OS. The van der Waals surface area contributed by atoms with E-state index in [1.807, 2.05) is 30.3 Å². The molecular weight excluding hydrogens is 328 g/mol. The van der Waals surface area contributed by atoms with Crippen molar-refractivity contribution in [3.8, 4) is 0 Å². The van der Waals surface area contributed by atoms with E-state index in [0.29, 0.717) is 11.2 Å². The minimum absolute atomic E-state index is 0.195. The fraction of sp³-hybridized carbons (Fsp3) is 0.333. The second-order valence-electron chi connectivity index (χ2n) is 6.55. The average molecular weight is 353 g/mol. The van der Waals surface area contributed by atoms with Crippen molar-refractivity contribution < 1.29 is 4.79 Å². The van der Waals surface area contributed by atoms with Crippen LogP contribution in [0.1, 0.15) is 44.1 Å². The van der Waals surface area contributed by atoms with Crippen molar-refractivity contribution in [2.75, 3.05) is 0 Å². The van der Waals surface area contributed by atoms with Gasteiger partial charge in [-0.1, -0.05) is 68.1 Å². The van der Waals surface area contributed by atoms with Crippen molar-refractivity contribution in [1.29, 1.82) is 0 Å². The zero-order chi connectivity index (χ0) is 17.5. The smallest absolute Gasteiger partial charge is 0.250 e. The molecule has 3 nitrogen and oxygen atoms in total. The van der Waals surface area contributed by atoms with Crippen LogP contribution in [0.25, 0.3) is 16.8 Å². The molecule has 1 fully saturated rings. The maximum Gasteiger partial charge on any atom is 0.250 e. The Kier molecular flexibility index (Phi) is 6.18.